The third kappa shape index (κ3) is 18.4. The number of hydrogen-bond acceptors (Lipinski definition) is 12. The molecule has 0 aromatic heterocycles. The van der Waals surface area contributed by atoms with Gasteiger partial charge in [0.05, 0.1) is 0 Å². The van der Waals surface area contributed by atoms with Crippen molar-refractivity contribution in [2.24, 2.45) is 21.7 Å². The maximum absolute atomic E-state index is 13.5. The van der Waals surface area contributed by atoms with E-state index in [-0.39, 0.29) is 85.8 Å². The van der Waals surface area contributed by atoms with Crippen LogP contribution in [0.5, 0.6) is 23.0 Å². The smallest absolute Gasteiger partial charge is 0.233 e. The fourth-order valence-corrected chi connectivity index (χ4v) is 16.0. The third-order valence-corrected chi connectivity index (χ3v) is 25.1. The summed E-state index contributed by atoms with van der Waals surface area (Å²) in [5, 5.41) is 0. The zero-order chi connectivity index (χ0) is 93.6. The summed E-state index contributed by atoms with van der Waals surface area (Å²) in [6.45, 7) is 32.9. The Kier molecular flexibility index (Phi) is 27.2. The van der Waals surface area contributed by atoms with Crippen molar-refractivity contribution in [3.05, 3.63) is 401 Å². The zero-order valence-electron chi connectivity index (χ0n) is 76.3. The molecule has 6 aliphatic rings. The van der Waals surface area contributed by atoms with Crippen molar-refractivity contribution in [1.29, 1.82) is 0 Å². The van der Waals surface area contributed by atoms with Crippen LogP contribution in [0.4, 0.5) is 0 Å². The number of allylic oxidation sites excluding steroid dienone is 16. The van der Waals surface area contributed by atoms with Crippen LogP contribution in [-0.4, -0.2) is 46.3 Å². The Hall–Kier alpha value is -15.1. The zero-order valence-corrected chi connectivity index (χ0v) is 76.3. The highest BCUT2D eigenvalue weighted by Gasteiger charge is 2.43. The molecule has 0 saturated carbocycles. The number of Topliss-reactive ketones (excluding diaryl/α,β-unsaturated/α-hetero) is 8. The fourth-order valence-electron chi connectivity index (χ4n) is 16.0. The van der Waals surface area contributed by atoms with Crippen LogP contribution in [0.15, 0.2) is 312 Å². The number of hydrogen-bond donors (Lipinski definition) is 0. The minimum atomic E-state index is -1.21. The number of terminal acetylenes is 4. The van der Waals surface area contributed by atoms with Gasteiger partial charge in [-0.25, -0.2) is 0 Å². The topological polar surface area (TPSA) is 173 Å². The molecule has 0 atom stereocenters. The Labute approximate surface area is 769 Å². The average Bonchev–Trinajstić information content (AvgIpc) is 0.737. The van der Waals surface area contributed by atoms with Crippen molar-refractivity contribution in [3.63, 3.8) is 0 Å². The van der Waals surface area contributed by atoms with E-state index in [9.17, 15) is 38.4 Å². The summed E-state index contributed by atoms with van der Waals surface area (Å²) >= 11 is 0. The lowest BCUT2D eigenvalue weighted by Crippen LogP contribution is -2.27. The molecule has 0 spiro atoms. The van der Waals surface area contributed by atoms with E-state index in [0.29, 0.717) is 102 Å². The predicted molar refractivity (Wildman–Crippen MR) is 526 cm³/mol. The SMILES string of the molecule is C#CC(C)(C#C)C1=C/C(=C2/C=C(C(C)(C#C)C#C)C(=O)c3ccccc32)c2ccccc2C1=O.CC(C)c1ccc(OC2=C(Oc3ccc(C(C)C)cc3)C(=O)c3ccccc3C2=O)cc1.CC(C)c1ccc(OC2=C(Oc3cccc(C(C)C)c3)C(=O)c3ccccc3C2=O)cc1.CCC(C)(C)C1=C/C(=C2/C=C(C(C)(C)CC)C(=O)c3ccccc32)c2ccccc2C1=O.[HH].[HH].[HH].[HH]. The Morgan fingerprint density at radius 2 is 0.462 bits per heavy atom. The number of ether oxygens (including phenoxy) is 4. The van der Waals surface area contributed by atoms with Crippen molar-refractivity contribution in [2.75, 3.05) is 0 Å². The van der Waals surface area contributed by atoms with Gasteiger partial charge < -0.3 is 18.9 Å². The van der Waals surface area contributed by atoms with E-state index in [1.54, 1.807) is 141 Å². The molecule has 10 aromatic rings. The van der Waals surface area contributed by atoms with Gasteiger partial charge in [0, 0.05) is 72.5 Å². The maximum atomic E-state index is 13.5. The van der Waals surface area contributed by atoms with Gasteiger partial charge in [0.15, 0.2) is 23.1 Å². The summed E-state index contributed by atoms with van der Waals surface area (Å²) in [7, 11) is 0. The second-order valence-electron chi connectivity index (χ2n) is 35.7. The van der Waals surface area contributed by atoms with E-state index in [0.717, 1.165) is 90.8 Å². The first-order valence-corrected chi connectivity index (χ1v) is 43.9. The lowest BCUT2D eigenvalue weighted by molar-refractivity contribution is 0.0897. The molecule has 0 unspecified atom stereocenters. The summed E-state index contributed by atoms with van der Waals surface area (Å²) in [6, 6.07) is 73.8. The van der Waals surface area contributed by atoms with Gasteiger partial charge >= 0.3 is 0 Å². The van der Waals surface area contributed by atoms with E-state index < -0.39 is 10.8 Å². The Morgan fingerprint density at radius 1 is 0.254 bits per heavy atom. The highest BCUT2D eigenvalue weighted by atomic mass is 16.5. The Bertz CT molecular complexity index is 6460. The van der Waals surface area contributed by atoms with Crippen molar-refractivity contribution in [2.45, 2.75) is 147 Å². The van der Waals surface area contributed by atoms with Crippen LogP contribution in [0.25, 0.3) is 22.3 Å². The largest absolute Gasteiger partial charge is 0.449 e. The Balaban J connectivity index is 0.000000199. The standard InChI is InChI=1S/C32H20O2.C30H32O2.2C28H26O4.4H2/c1-7-31(5,8-2)27-19-25(21-15-11-13-17-23(21)29(27)33)26-20-28(32(6,9-3)10-4)30(34)24-18-14-12-16-22(24)26;1-7-29(3,4)25-17-23(19-13-9-11-15-21(19)27(25)31)24-18-26(30(5,6)8-2)28(32)22-16-12-10-14-20(22)24;1-17(2)19-12-14-21(15-13-19)31-27-25(29)23-10-5-6-11-24(23)26(30)28(27)32-22-9-7-8-20(16-22)18(3)4;1-17(2)19-9-13-21(14-10-19)31-27-25(29)23-7-5-6-8-24(23)26(30)28(27)32-22-15-11-20(12-16-22)18(3)4;;;;/h1-4,11-20H,5-6H3;9-18H,7-8H2,1-6H3;2*5-18H,1-4H3;4*1H/b26-25+;24-23+;;;;;;. The average molecular weight is 1720 g/mol. The first-order chi connectivity index (χ1) is 62.1. The highest BCUT2D eigenvalue weighted by molar-refractivity contribution is 6.28. The van der Waals surface area contributed by atoms with Crippen molar-refractivity contribution < 1.29 is 63.0 Å². The molecule has 0 heterocycles. The van der Waals surface area contributed by atoms with E-state index in [2.05, 4.69) is 133 Å². The van der Waals surface area contributed by atoms with Gasteiger partial charge in [0.1, 0.15) is 33.8 Å². The lowest BCUT2D eigenvalue weighted by atomic mass is 9.69. The molecule has 0 N–H and O–H groups in total. The van der Waals surface area contributed by atoms with Crippen LogP contribution in [-0.2, 0) is 0 Å². The van der Waals surface area contributed by atoms with Gasteiger partial charge in [-0.3, -0.25) is 38.4 Å². The molecule has 6 aliphatic carbocycles. The molecule has 0 fully saturated rings. The normalized spacial score (nSPS) is 15.8. The third-order valence-electron chi connectivity index (χ3n) is 25.1. The number of ketones is 8. The summed E-state index contributed by atoms with van der Waals surface area (Å²) in [4.78, 5) is 107. The van der Waals surface area contributed by atoms with Gasteiger partial charge in [-0.1, -0.05) is 315 Å². The van der Waals surface area contributed by atoms with E-state index in [1.807, 2.05) is 127 Å². The summed E-state index contributed by atoms with van der Waals surface area (Å²) in [5.41, 5.74) is 14.5. The number of benzene rings is 10. The minimum Gasteiger partial charge on any atom is -0.449 e. The van der Waals surface area contributed by atoms with Crippen LogP contribution < -0.4 is 18.9 Å². The molecular weight excluding hydrogens is 1610 g/mol. The van der Waals surface area contributed by atoms with Crippen LogP contribution in [0.3, 0.4) is 0 Å². The summed E-state index contributed by atoms with van der Waals surface area (Å²) in [6.07, 6.45) is 32.4. The van der Waals surface area contributed by atoms with Crippen molar-refractivity contribution in [3.8, 4) is 72.4 Å². The number of rotatable bonds is 18. The number of carbonyl (C=O) groups is 8. The maximum Gasteiger partial charge on any atom is 0.233 e. The summed E-state index contributed by atoms with van der Waals surface area (Å²) < 4.78 is 23.9. The molecule has 0 bridgehead atoms. The highest BCUT2D eigenvalue weighted by Crippen LogP contribution is 2.50. The second-order valence-corrected chi connectivity index (χ2v) is 35.7. The molecule has 0 aliphatic heterocycles. The molecular formula is C118H112O12. The van der Waals surface area contributed by atoms with E-state index >= 15 is 0 Å². The molecule has 12 heteroatoms. The molecule has 0 amide bonds. The van der Waals surface area contributed by atoms with Crippen molar-refractivity contribution >= 4 is 68.6 Å². The molecule has 16 rings (SSSR count). The fraction of sp³-hybridized carbons (Fsp3) is 0.220. The van der Waals surface area contributed by atoms with Gasteiger partial charge in [-0.15, -0.1) is 25.7 Å². The number of fused-ring (bicyclic) bond motifs is 6. The van der Waals surface area contributed by atoms with Crippen LogP contribution in [0.2, 0.25) is 0 Å². The predicted octanol–water partition coefficient (Wildman–Crippen LogP) is 27.5. The molecule has 10 aromatic carbocycles. The van der Waals surface area contributed by atoms with Gasteiger partial charge in [0.2, 0.25) is 46.2 Å². The minimum absolute atomic E-state index is 0. The molecule has 656 valence electrons. The summed E-state index contributed by atoms with van der Waals surface area (Å²) in [5.74, 6) is 11.6. The molecule has 130 heavy (non-hydrogen) atoms. The monoisotopic (exact) mass is 1720 g/mol. The molecule has 12 nitrogen and oxygen atoms in total. The Morgan fingerprint density at radius 3 is 0.685 bits per heavy atom. The number of carbonyl (C=O) groups excluding carboxylic acids is 8. The first-order valence-electron chi connectivity index (χ1n) is 43.9. The molecule has 0 saturated heterocycles. The first kappa shape index (κ1) is 92.6. The lowest BCUT2D eigenvalue weighted by Gasteiger charge is -2.33. The van der Waals surface area contributed by atoms with Crippen LogP contribution >= 0.6 is 0 Å². The van der Waals surface area contributed by atoms with Gasteiger partial charge in [0.25, 0.3) is 0 Å². The molecule has 0 radical (unpaired) electrons. The van der Waals surface area contributed by atoms with Crippen LogP contribution in [0.1, 0.15) is 280 Å². The second kappa shape index (κ2) is 38.2. The van der Waals surface area contributed by atoms with Gasteiger partial charge in [-0.2, -0.15) is 0 Å². The van der Waals surface area contributed by atoms with Gasteiger partial charge in [-0.05, 0) is 201 Å². The van der Waals surface area contributed by atoms with E-state index in [1.165, 1.54) is 0 Å². The van der Waals surface area contributed by atoms with E-state index in [4.69, 9.17) is 44.6 Å². The quantitative estimate of drug-likeness (QED) is 0.0745. The van der Waals surface area contributed by atoms with Crippen molar-refractivity contribution in [1.82, 2.24) is 0 Å². The van der Waals surface area contributed by atoms with Crippen LogP contribution in [0, 0.1) is 71.0 Å².